The van der Waals surface area contributed by atoms with Crippen LogP contribution in [0.15, 0.2) is 69.3 Å². The minimum atomic E-state index is -0.745. The second kappa shape index (κ2) is 10.3. The Bertz CT molecular complexity index is 1450. The smallest absolute Gasteiger partial charge is 0.330 e. The van der Waals surface area contributed by atoms with Crippen LogP contribution in [0.25, 0.3) is 5.69 Å². The quantitative estimate of drug-likeness (QED) is 0.303. The molecule has 0 aliphatic rings. The van der Waals surface area contributed by atoms with Crippen LogP contribution in [-0.4, -0.2) is 53.1 Å². The Morgan fingerprint density at radius 2 is 1.86 bits per heavy atom. The molecule has 2 aromatic heterocycles. The van der Waals surface area contributed by atoms with Crippen molar-refractivity contribution in [3.63, 3.8) is 0 Å². The Morgan fingerprint density at radius 1 is 1.14 bits per heavy atom. The van der Waals surface area contributed by atoms with Gasteiger partial charge in [-0.15, -0.1) is 5.10 Å². The molecule has 1 amide bonds. The molecule has 0 radical (unpaired) electrons. The summed E-state index contributed by atoms with van der Waals surface area (Å²) in [5.41, 5.74) is 6.15. The van der Waals surface area contributed by atoms with E-state index in [1.807, 2.05) is 30.3 Å². The molecular weight excluding hydrogens is 472 g/mol. The van der Waals surface area contributed by atoms with E-state index < -0.39 is 17.2 Å². The zero-order chi connectivity index (χ0) is 24.9. The van der Waals surface area contributed by atoms with Gasteiger partial charge in [-0.3, -0.25) is 19.1 Å². The summed E-state index contributed by atoms with van der Waals surface area (Å²) in [6.07, 6.45) is 0. The molecule has 0 fully saturated rings. The number of thioether (sulfide) groups is 1. The highest BCUT2D eigenvalue weighted by Crippen LogP contribution is 2.23. The van der Waals surface area contributed by atoms with Gasteiger partial charge in [0.1, 0.15) is 11.6 Å². The first-order chi connectivity index (χ1) is 16.9. The zero-order valence-corrected chi connectivity index (χ0v) is 19.5. The molecule has 2 aromatic carbocycles. The van der Waals surface area contributed by atoms with Crippen LogP contribution in [0.3, 0.4) is 0 Å². The lowest BCUT2D eigenvalue weighted by Crippen LogP contribution is -2.41. The van der Waals surface area contributed by atoms with Gasteiger partial charge in [0, 0.05) is 6.54 Å². The molecule has 12 nitrogen and oxygen atoms in total. The normalized spacial score (nSPS) is 10.9. The lowest BCUT2D eigenvalue weighted by atomic mass is 10.2. The number of phenolic OH excluding ortho intramolecular Hbond substituents is 1. The number of H-pyrrole nitrogens is 1. The number of anilines is 2. The predicted molar refractivity (Wildman–Crippen MR) is 131 cm³/mol. The van der Waals surface area contributed by atoms with Crippen LogP contribution in [-0.2, 0) is 11.3 Å². The third-order valence-corrected chi connectivity index (χ3v) is 6.05. The number of carbonyl (C=O) groups is 1. The average Bonchev–Trinajstić information content (AvgIpc) is 3.32. The van der Waals surface area contributed by atoms with Gasteiger partial charge >= 0.3 is 5.69 Å². The highest BCUT2D eigenvalue weighted by molar-refractivity contribution is 7.99. The molecular formula is C22H22N8O4S. The molecule has 180 valence electrons. The van der Waals surface area contributed by atoms with Gasteiger partial charge in [-0.2, -0.15) is 4.68 Å². The van der Waals surface area contributed by atoms with Crippen molar-refractivity contribution in [2.45, 2.75) is 18.6 Å². The molecule has 4 aromatic rings. The molecule has 4 rings (SSSR count). The molecule has 13 heteroatoms. The van der Waals surface area contributed by atoms with Crippen molar-refractivity contribution in [3.05, 3.63) is 81.0 Å². The number of aromatic amines is 1. The number of carbonyl (C=O) groups excluding carboxylic acids is 1. The van der Waals surface area contributed by atoms with Gasteiger partial charge < -0.3 is 15.7 Å². The second-order valence-electron chi connectivity index (χ2n) is 7.38. The number of nitrogens with zero attached hydrogens (tertiary/aromatic N) is 6. The molecule has 0 unspecified atom stereocenters. The fourth-order valence-corrected chi connectivity index (χ4v) is 4.22. The maximum atomic E-state index is 13.1. The fourth-order valence-electron chi connectivity index (χ4n) is 3.45. The van der Waals surface area contributed by atoms with Crippen LogP contribution in [0.5, 0.6) is 5.75 Å². The molecule has 0 aliphatic heterocycles. The van der Waals surface area contributed by atoms with Gasteiger partial charge in [0.15, 0.2) is 5.69 Å². The number of nitrogen functional groups attached to an aromatic ring is 1. The monoisotopic (exact) mass is 494 g/mol. The molecule has 4 N–H and O–H groups in total. The van der Waals surface area contributed by atoms with Crippen molar-refractivity contribution >= 4 is 29.2 Å². The standard InChI is InChI=1S/C22H22N8O4S/c1-2-28(17(32)13-35-22-25-26-27-30(22)15-8-10-16(31)11-9-15)18-19(23)29(21(34)24-20(18)33)12-14-6-4-3-5-7-14/h3-11,31H,2,12-13,23H2,1H3,(H,24,33,34). The topological polar surface area (TPSA) is 165 Å². The number of benzene rings is 2. The first-order valence-corrected chi connectivity index (χ1v) is 11.5. The summed E-state index contributed by atoms with van der Waals surface area (Å²) < 4.78 is 2.65. The van der Waals surface area contributed by atoms with Crippen molar-refractivity contribution < 1.29 is 9.90 Å². The van der Waals surface area contributed by atoms with E-state index in [1.54, 1.807) is 19.1 Å². The van der Waals surface area contributed by atoms with Gasteiger partial charge in [-0.1, -0.05) is 42.1 Å². The van der Waals surface area contributed by atoms with Crippen molar-refractivity contribution in [2.24, 2.45) is 0 Å². The number of nitrogens with one attached hydrogen (secondary N) is 1. The average molecular weight is 495 g/mol. The molecule has 0 saturated heterocycles. The van der Waals surface area contributed by atoms with Crippen LogP contribution in [0.1, 0.15) is 12.5 Å². The lowest BCUT2D eigenvalue weighted by Gasteiger charge is -2.23. The Balaban J connectivity index is 1.58. The minimum Gasteiger partial charge on any atom is -0.508 e. The molecule has 35 heavy (non-hydrogen) atoms. The van der Waals surface area contributed by atoms with E-state index in [9.17, 15) is 19.5 Å². The highest BCUT2D eigenvalue weighted by atomic mass is 32.2. The van der Waals surface area contributed by atoms with E-state index in [0.717, 1.165) is 17.3 Å². The number of phenols is 1. The van der Waals surface area contributed by atoms with Crippen molar-refractivity contribution in [1.29, 1.82) is 0 Å². The van der Waals surface area contributed by atoms with Crippen molar-refractivity contribution in [2.75, 3.05) is 22.9 Å². The Morgan fingerprint density at radius 3 is 2.54 bits per heavy atom. The number of amides is 1. The number of hydrogen-bond donors (Lipinski definition) is 3. The van der Waals surface area contributed by atoms with E-state index in [0.29, 0.717) is 10.8 Å². The van der Waals surface area contributed by atoms with Crippen LogP contribution in [0.2, 0.25) is 0 Å². The summed E-state index contributed by atoms with van der Waals surface area (Å²) in [4.78, 5) is 41.7. The van der Waals surface area contributed by atoms with Gasteiger partial charge in [-0.05, 0) is 47.2 Å². The van der Waals surface area contributed by atoms with E-state index in [4.69, 9.17) is 5.73 Å². The van der Waals surface area contributed by atoms with Crippen LogP contribution in [0.4, 0.5) is 11.5 Å². The van der Waals surface area contributed by atoms with E-state index >= 15 is 0 Å². The number of aromatic hydroxyl groups is 1. The molecule has 0 spiro atoms. The van der Waals surface area contributed by atoms with Gasteiger partial charge in [-0.25, -0.2) is 4.79 Å². The summed E-state index contributed by atoms with van der Waals surface area (Å²) in [5, 5.41) is 21.3. The van der Waals surface area contributed by atoms with E-state index in [2.05, 4.69) is 20.5 Å². The third-order valence-electron chi connectivity index (χ3n) is 5.14. The number of tetrazole rings is 1. The maximum Gasteiger partial charge on any atom is 0.330 e. The molecule has 0 bridgehead atoms. The van der Waals surface area contributed by atoms with Crippen molar-refractivity contribution in [1.82, 2.24) is 29.8 Å². The first-order valence-electron chi connectivity index (χ1n) is 10.6. The summed E-state index contributed by atoms with van der Waals surface area (Å²) in [5.74, 6) is -0.513. The summed E-state index contributed by atoms with van der Waals surface area (Å²) in [7, 11) is 0. The van der Waals surface area contributed by atoms with Crippen molar-refractivity contribution in [3.8, 4) is 11.4 Å². The van der Waals surface area contributed by atoms with Gasteiger partial charge in [0.2, 0.25) is 11.1 Å². The fraction of sp³-hybridized carbons (Fsp3) is 0.182. The maximum absolute atomic E-state index is 13.1. The van der Waals surface area contributed by atoms with Crippen LogP contribution < -0.4 is 21.9 Å². The zero-order valence-electron chi connectivity index (χ0n) is 18.7. The second-order valence-corrected chi connectivity index (χ2v) is 8.32. The Kier molecular flexibility index (Phi) is 6.96. The minimum absolute atomic E-state index is 0.0910. The third kappa shape index (κ3) is 5.09. The number of nitrogens with two attached hydrogens (primary N) is 1. The predicted octanol–water partition coefficient (Wildman–Crippen LogP) is 0.994. The van der Waals surface area contributed by atoms with Crippen LogP contribution in [0, 0.1) is 0 Å². The number of hydrogen-bond acceptors (Lipinski definition) is 9. The van der Waals surface area contributed by atoms with E-state index in [1.165, 1.54) is 26.3 Å². The lowest BCUT2D eigenvalue weighted by molar-refractivity contribution is -0.116. The SMILES string of the molecule is CCN(C(=O)CSc1nnnn1-c1ccc(O)cc1)c1c(N)n(Cc2ccccc2)c(=O)[nH]c1=O. The van der Waals surface area contributed by atoms with Gasteiger partial charge in [0.25, 0.3) is 5.56 Å². The number of rotatable bonds is 8. The Hall–Kier alpha value is -4.39. The first kappa shape index (κ1) is 23.8. The van der Waals surface area contributed by atoms with Gasteiger partial charge in [0.05, 0.1) is 18.0 Å². The van der Waals surface area contributed by atoms with Crippen LogP contribution >= 0.6 is 11.8 Å². The summed E-state index contributed by atoms with van der Waals surface area (Å²) in [6.45, 7) is 1.99. The summed E-state index contributed by atoms with van der Waals surface area (Å²) in [6, 6.07) is 15.4. The highest BCUT2D eigenvalue weighted by Gasteiger charge is 2.24. The molecule has 0 aliphatic carbocycles. The molecule has 0 saturated carbocycles. The number of aromatic nitrogens is 6. The Labute approximate surface area is 203 Å². The molecule has 0 atom stereocenters. The van der Waals surface area contributed by atoms with E-state index in [-0.39, 0.29) is 36.1 Å². The largest absolute Gasteiger partial charge is 0.508 e. The summed E-state index contributed by atoms with van der Waals surface area (Å²) >= 11 is 1.07. The molecule has 2 heterocycles.